The quantitative estimate of drug-likeness (QED) is 0.300. The van der Waals surface area contributed by atoms with Gasteiger partial charge in [0, 0.05) is 76.2 Å². The smallest absolute Gasteiger partial charge is 0.348 e. The fraction of sp³-hybridized carbons (Fsp3) is 0.346. The second-order valence-corrected chi connectivity index (χ2v) is 10.0. The number of ether oxygens (including phenoxy) is 1. The second kappa shape index (κ2) is 10.0. The summed E-state index contributed by atoms with van der Waals surface area (Å²) >= 11 is 1.54. The molecule has 0 N–H and O–H groups in total. The number of methoxy groups -OCH3 is 1. The predicted octanol–water partition coefficient (Wildman–Crippen LogP) is 3.51. The summed E-state index contributed by atoms with van der Waals surface area (Å²) in [6, 6.07) is 5.95. The fourth-order valence-corrected chi connectivity index (χ4v) is 5.32. The molecule has 0 atom stereocenters. The fourth-order valence-electron chi connectivity index (χ4n) is 4.71. The van der Waals surface area contributed by atoms with Gasteiger partial charge in [0.2, 0.25) is 5.71 Å². The van der Waals surface area contributed by atoms with E-state index < -0.39 is 0 Å². The summed E-state index contributed by atoms with van der Waals surface area (Å²) in [6.07, 6.45) is 6.02. The minimum absolute atomic E-state index is 0.340. The number of likely N-dealkylation sites (N-methyl/N-ethyl adjacent to an activating group) is 1. The van der Waals surface area contributed by atoms with E-state index >= 15 is 0 Å². The number of aryl methyl sites for hydroxylation is 1. The molecule has 0 saturated carbocycles. The van der Waals surface area contributed by atoms with E-state index in [9.17, 15) is 4.79 Å². The zero-order chi connectivity index (χ0) is 25.4. The largest absolute Gasteiger partial charge is 0.434 e. The summed E-state index contributed by atoms with van der Waals surface area (Å²) in [5.74, 6) is 0.918. The van der Waals surface area contributed by atoms with Crippen molar-refractivity contribution >= 4 is 39.4 Å². The van der Waals surface area contributed by atoms with E-state index in [0.717, 1.165) is 53.4 Å². The van der Waals surface area contributed by atoms with Crippen LogP contribution in [0.2, 0.25) is 0 Å². The van der Waals surface area contributed by atoms with Gasteiger partial charge in [-0.15, -0.1) is 11.3 Å². The van der Waals surface area contributed by atoms with Crippen LogP contribution < -0.4 is 10.6 Å². The first kappa shape index (κ1) is 23.7. The maximum absolute atomic E-state index is 13.3. The lowest BCUT2D eigenvalue weighted by Gasteiger charge is -2.33. The van der Waals surface area contributed by atoms with E-state index in [1.54, 1.807) is 29.6 Å². The Morgan fingerprint density at radius 2 is 1.92 bits per heavy atom. The Kier molecular flexibility index (Phi) is 6.41. The number of thiazole rings is 1. The Balaban J connectivity index is 1.48. The van der Waals surface area contributed by atoms with Gasteiger partial charge in [0.25, 0.3) is 0 Å². The summed E-state index contributed by atoms with van der Waals surface area (Å²) in [5, 5.41) is 0.765. The number of piperazine rings is 1. The van der Waals surface area contributed by atoms with Gasteiger partial charge in [-0.05, 0) is 31.7 Å². The van der Waals surface area contributed by atoms with Gasteiger partial charge in [-0.2, -0.15) is 4.98 Å². The van der Waals surface area contributed by atoms with Crippen LogP contribution in [0.4, 0.5) is 5.82 Å². The Morgan fingerprint density at radius 3 is 2.65 bits per heavy atom. The zero-order valence-electron chi connectivity index (χ0n) is 20.8. The summed E-state index contributed by atoms with van der Waals surface area (Å²) in [6.45, 7) is 4.86. The van der Waals surface area contributed by atoms with E-state index in [4.69, 9.17) is 14.1 Å². The number of pyridine rings is 2. The van der Waals surface area contributed by atoms with Gasteiger partial charge >= 0.3 is 5.69 Å². The van der Waals surface area contributed by atoms with Crippen LogP contribution in [0.15, 0.2) is 51.5 Å². The van der Waals surface area contributed by atoms with Crippen LogP contribution >= 0.6 is 11.3 Å². The number of hydrogen-bond acceptors (Lipinski definition) is 10. The molecule has 10 nitrogen and oxygen atoms in total. The number of hydrogen-bond donors (Lipinski definition) is 0. The standard InChI is InChI=1S/C26H27N7O3S/c1-31-7-9-32(10-8-31)21-5-4-17(13-28-21)22-24-23(33(26(34)30-22)6-3-11-35-2)19-12-18(14-29-25(19)36-24)20-15-27-16-37-20/h4-5,12-16H,3,6-11H2,1-2H3. The Bertz CT molecular complexity index is 1590. The SMILES string of the molecule is COCCCn1c(=O)nc(-c2ccc(N3CCN(C)CC3)nc2)c2oc3ncc(-c4cncs4)cc3c21. The number of furan rings is 1. The second-order valence-electron chi connectivity index (χ2n) is 9.16. The van der Waals surface area contributed by atoms with Gasteiger partial charge in [-0.25, -0.2) is 14.8 Å². The van der Waals surface area contributed by atoms with Gasteiger partial charge in [0.1, 0.15) is 17.0 Å². The lowest BCUT2D eigenvalue weighted by molar-refractivity contribution is 0.190. The van der Waals surface area contributed by atoms with Crippen LogP contribution in [0.25, 0.3) is 43.9 Å². The van der Waals surface area contributed by atoms with Crippen molar-refractivity contribution in [1.29, 1.82) is 0 Å². The molecule has 0 aliphatic carbocycles. The van der Waals surface area contributed by atoms with Gasteiger partial charge in [-0.1, -0.05) is 0 Å². The molecule has 5 aromatic heterocycles. The zero-order valence-corrected chi connectivity index (χ0v) is 21.6. The van der Waals surface area contributed by atoms with Gasteiger partial charge in [-0.3, -0.25) is 9.55 Å². The first-order chi connectivity index (χ1) is 18.1. The first-order valence-corrected chi connectivity index (χ1v) is 13.1. The highest BCUT2D eigenvalue weighted by atomic mass is 32.1. The van der Waals surface area contributed by atoms with E-state index in [-0.39, 0.29) is 5.69 Å². The van der Waals surface area contributed by atoms with Crippen LogP contribution in [-0.4, -0.2) is 76.3 Å². The highest BCUT2D eigenvalue weighted by molar-refractivity contribution is 7.13. The molecular formula is C26H27N7O3S. The van der Waals surface area contributed by atoms with Gasteiger partial charge in [0.15, 0.2) is 5.58 Å². The van der Waals surface area contributed by atoms with Crippen molar-refractivity contribution in [3.8, 4) is 21.7 Å². The van der Waals surface area contributed by atoms with Crippen molar-refractivity contribution in [3.63, 3.8) is 0 Å². The van der Waals surface area contributed by atoms with E-state index in [2.05, 4.69) is 31.8 Å². The Labute approximate surface area is 217 Å². The van der Waals surface area contributed by atoms with Crippen LogP contribution in [0.1, 0.15) is 6.42 Å². The highest BCUT2D eigenvalue weighted by Crippen LogP contribution is 2.35. The molecule has 0 aromatic carbocycles. The van der Waals surface area contributed by atoms with Crippen molar-refractivity contribution in [2.75, 3.05) is 51.8 Å². The van der Waals surface area contributed by atoms with E-state index in [1.165, 1.54) is 11.3 Å². The summed E-state index contributed by atoms with van der Waals surface area (Å²) < 4.78 is 13.1. The number of anilines is 1. The molecule has 0 radical (unpaired) electrons. The summed E-state index contributed by atoms with van der Waals surface area (Å²) in [4.78, 5) is 36.8. The molecule has 0 amide bonds. The lowest BCUT2D eigenvalue weighted by Crippen LogP contribution is -2.44. The number of aromatic nitrogens is 5. The molecule has 1 fully saturated rings. The molecule has 1 saturated heterocycles. The van der Waals surface area contributed by atoms with E-state index in [0.29, 0.717) is 42.1 Å². The minimum Gasteiger partial charge on any atom is -0.434 e. The van der Waals surface area contributed by atoms with Crippen molar-refractivity contribution < 1.29 is 9.15 Å². The molecule has 0 spiro atoms. The third-order valence-electron chi connectivity index (χ3n) is 6.74. The molecular weight excluding hydrogens is 490 g/mol. The topological polar surface area (TPSA) is 102 Å². The van der Waals surface area contributed by atoms with Crippen molar-refractivity contribution in [2.24, 2.45) is 0 Å². The predicted molar refractivity (Wildman–Crippen MR) is 144 cm³/mol. The minimum atomic E-state index is -0.340. The molecule has 6 rings (SSSR count). The Hall–Kier alpha value is -3.67. The Morgan fingerprint density at radius 1 is 1.08 bits per heavy atom. The molecule has 6 heterocycles. The molecule has 37 heavy (non-hydrogen) atoms. The van der Waals surface area contributed by atoms with Gasteiger partial charge in [0.05, 0.1) is 15.8 Å². The summed E-state index contributed by atoms with van der Waals surface area (Å²) in [5.41, 5.74) is 5.23. The third kappa shape index (κ3) is 4.50. The van der Waals surface area contributed by atoms with Crippen molar-refractivity contribution in [2.45, 2.75) is 13.0 Å². The molecule has 1 aliphatic heterocycles. The van der Waals surface area contributed by atoms with E-state index in [1.807, 2.05) is 24.4 Å². The first-order valence-electron chi connectivity index (χ1n) is 12.2. The van der Waals surface area contributed by atoms with Gasteiger partial charge < -0.3 is 19.0 Å². The summed E-state index contributed by atoms with van der Waals surface area (Å²) in [7, 11) is 3.78. The monoisotopic (exact) mass is 517 g/mol. The molecule has 0 unspecified atom stereocenters. The van der Waals surface area contributed by atoms with Crippen LogP contribution in [0.3, 0.4) is 0 Å². The average Bonchev–Trinajstić information content (AvgIpc) is 3.59. The van der Waals surface area contributed by atoms with Crippen LogP contribution in [0.5, 0.6) is 0 Å². The molecule has 0 bridgehead atoms. The normalized spacial score (nSPS) is 14.7. The maximum atomic E-state index is 13.3. The molecule has 11 heteroatoms. The molecule has 190 valence electrons. The third-order valence-corrected chi connectivity index (χ3v) is 7.56. The number of rotatable bonds is 7. The van der Waals surface area contributed by atoms with Crippen molar-refractivity contribution in [3.05, 3.63) is 52.8 Å². The maximum Gasteiger partial charge on any atom is 0.348 e. The molecule has 5 aromatic rings. The highest BCUT2D eigenvalue weighted by Gasteiger charge is 2.22. The lowest BCUT2D eigenvalue weighted by atomic mass is 10.1. The molecule has 1 aliphatic rings. The van der Waals surface area contributed by atoms with Crippen LogP contribution in [0, 0.1) is 0 Å². The van der Waals surface area contributed by atoms with Crippen molar-refractivity contribution in [1.82, 2.24) is 29.4 Å². The average molecular weight is 518 g/mol. The number of nitrogens with zero attached hydrogens (tertiary/aromatic N) is 7. The van der Waals surface area contributed by atoms with Crippen LogP contribution in [-0.2, 0) is 11.3 Å². The number of fused-ring (bicyclic) bond motifs is 3.